The molecule has 0 heterocycles. The minimum absolute atomic E-state index is 0.183. The van der Waals surface area contributed by atoms with E-state index in [0.29, 0.717) is 41.7 Å². The molecular formula is C39H51N3O7SSi. The summed E-state index contributed by atoms with van der Waals surface area (Å²) < 4.78 is 51.8. The van der Waals surface area contributed by atoms with Crippen molar-refractivity contribution in [2.24, 2.45) is 0 Å². The van der Waals surface area contributed by atoms with Crippen LogP contribution in [0.4, 0.5) is 11.4 Å². The Balaban J connectivity index is 1.66. The second-order valence-electron chi connectivity index (χ2n) is 12.4. The standard InChI is InChI=1S/C39H51N3O7SSi/c1-7-51(8-2,9-3)49-38(31-21-22-35(34(24-31)42-50(6,44)45)48-28-29-16-12-10-13-17-29)27-40-26-33(39(43)41-32-18-14-11-15-19-32)30-20-23-36(46-4)37(25-30)47-5/h10-25,33,38,40,42H,7-9,26-28H2,1-6H3,(H,41,43)/t33?,38-/m0/s1. The van der Waals surface area contributed by atoms with Crippen molar-refractivity contribution in [3.05, 3.63) is 114 Å². The summed E-state index contributed by atoms with van der Waals surface area (Å²) in [5.74, 6) is 0.735. The second kappa shape index (κ2) is 18.8. The molecule has 1 amide bonds. The zero-order valence-corrected chi connectivity index (χ0v) is 32.2. The molecule has 2 atom stereocenters. The third kappa shape index (κ3) is 11.3. The summed E-state index contributed by atoms with van der Waals surface area (Å²) in [5, 5.41) is 6.58. The molecule has 1 unspecified atom stereocenters. The van der Waals surface area contributed by atoms with E-state index in [1.807, 2.05) is 78.9 Å². The number of anilines is 2. The molecule has 10 nitrogen and oxygen atoms in total. The van der Waals surface area contributed by atoms with Crippen molar-refractivity contribution in [1.82, 2.24) is 5.32 Å². The van der Waals surface area contributed by atoms with Crippen LogP contribution in [0.2, 0.25) is 18.1 Å². The molecule has 12 heteroatoms. The first kappa shape index (κ1) is 39.4. The fraction of sp³-hybridized carbons (Fsp3) is 0.359. The van der Waals surface area contributed by atoms with Crippen molar-refractivity contribution in [1.29, 1.82) is 0 Å². The van der Waals surface area contributed by atoms with Gasteiger partial charge in [0.1, 0.15) is 12.4 Å². The Hall–Kier alpha value is -4.36. The SMILES string of the molecule is CC[Si](CC)(CC)O[C@@H](CNCC(C(=O)Nc1ccccc1)c1ccc(OC)c(OC)c1)c1ccc(OCc2ccccc2)c(NS(C)(=O)=O)c1. The second-order valence-corrected chi connectivity index (χ2v) is 18.9. The highest BCUT2D eigenvalue weighted by Crippen LogP contribution is 2.35. The summed E-state index contributed by atoms with van der Waals surface area (Å²) in [7, 11) is -2.64. The fourth-order valence-corrected chi connectivity index (χ4v) is 9.34. The molecule has 274 valence electrons. The van der Waals surface area contributed by atoms with Crippen molar-refractivity contribution < 1.29 is 31.8 Å². The van der Waals surface area contributed by atoms with Crippen LogP contribution in [0, 0.1) is 0 Å². The smallest absolute Gasteiger partial charge is 0.233 e. The zero-order valence-electron chi connectivity index (χ0n) is 30.4. The lowest BCUT2D eigenvalue weighted by molar-refractivity contribution is -0.117. The maximum Gasteiger partial charge on any atom is 0.233 e. The molecule has 3 N–H and O–H groups in total. The molecule has 51 heavy (non-hydrogen) atoms. The highest BCUT2D eigenvalue weighted by molar-refractivity contribution is 7.92. The van der Waals surface area contributed by atoms with Crippen LogP contribution >= 0.6 is 0 Å². The molecule has 0 aliphatic heterocycles. The fourth-order valence-electron chi connectivity index (χ4n) is 5.96. The van der Waals surface area contributed by atoms with E-state index in [9.17, 15) is 13.2 Å². The van der Waals surface area contributed by atoms with E-state index in [1.54, 1.807) is 32.4 Å². The van der Waals surface area contributed by atoms with Crippen LogP contribution in [0.3, 0.4) is 0 Å². The molecule has 0 aliphatic rings. The average molecular weight is 734 g/mol. The topological polar surface area (TPSA) is 124 Å². The van der Waals surface area contributed by atoms with Gasteiger partial charge in [-0.3, -0.25) is 9.52 Å². The number of benzene rings is 4. The zero-order chi connectivity index (χ0) is 36.9. The molecule has 0 bridgehead atoms. The highest BCUT2D eigenvalue weighted by atomic mass is 32.2. The monoisotopic (exact) mass is 733 g/mol. The number of para-hydroxylation sites is 1. The van der Waals surface area contributed by atoms with E-state index in [0.717, 1.165) is 41.1 Å². The number of sulfonamides is 1. The summed E-state index contributed by atoms with van der Waals surface area (Å²) in [4.78, 5) is 13.8. The van der Waals surface area contributed by atoms with E-state index in [-0.39, 0.29) is 12.5 Å². The van der Waals surface area contributed by atoms with Crippen LogP contribution in [0.25, 0.3) is 0 Å². The maximum absolute atomic E-state index is 13.8. The summed E-state index contributed by atoms with van der Waals surface area (Å²) >= 11 is 0. The number of methoxy groups -OCH3 is 2. The number of hydrogen-bond acceptors (Lipinski definition) is 8. The van der Waals surface area contributed by atoms with Crippen molar-refractivity contribution in [2.75, 3.05) is 43.6 Å². The van der Waals surface area contributed by atoms with Crippen LogP contribution in [-0.4, -0.2) is 56.2 Å². The van der Waals surface area contributed by atoms with Crippen LogP contribution in [0.1, 0.15) is 49.5 Å². The average Bonchev–Trinajstić information content (AvgIpc) is 3.14. The lowest BCUT2D eigenvalue weighted by Gasteiger charge is -2.34. The van der Waals surface area contributed by atoms with Gasteiger partial charge in [0.15, 0.2) is 19.8 Å². The Kier molecular flexibility index (Phi) is 14.5. The largest absolute Gasteiger partial charge is 0.493 e. The lowest BCUT2D eigenvalue weighted by Crippen LogP contribution is -2.41. The van der Waals surface area contributed by atoms with Gasteiger partial charge in [0.05, 0.1) is 38.2 Å². The first-order valence-electron chi connectivity index (χ1n) is 17.3. The Morgan fingerprint density at radius 1 is 0.745 bits per heavy atom. The molecule has 4 aromatic carbocycles. The van der Waals surface area contributed by atoms with Gasteiger partial charge in [-0.05, 0) is 71.2 Å². The van der Waals surface area contributed by atoms with Gasteiger partial charge in [0, 0.05) is 18.8 Å². The normalized spacial score (nSPS) is 12.8. The molecule has 0 saturated carbocycles. The number of ether oxygens (including phenoxy) is 3. The summed E-state index contributed by atoms with van der Waals surface area (Å²) in [5.41, 5.74) is 3.54. The Morgan fingerprint density at radius 2 is 1.35 bits per heavy atom. The van der Waals surface area contributed by atoms with Gasteiger partial charge < -0.3 is 29.3 Å². The maximum atomic E-state index is 13.8. The van der Waals surface area contributed by atoms with E-state index in [4.69, 9.17) is 18.6 Å². The molecular weight excluding hydrogens is 683 g/mol. The quantitative estimate of drug-likeness (QED) is 0.0789. The highest BCUT2D eigenvalue weighted by Gasteiger charge is 2.33. The number of hydrogen-bond donors (Lipinski definition) is 3. The number of nitrogens with one attached hydrogen (secondary N) is 3. The van der Waals surface area contributed by atoms with E-state index in [2.05, 4.69) is 36.1 Å². The summed E-state index contributed by atoms with van der Waals surface area (Å²) in [6.45, 7) is 7.45. The van der Waals surface area contributed by atoms with E-state index < -0.39 is 30.4 Å². The molecule has 0 aliphatic carbocycles. The first-order valence-corrected chi connectivity index (χ1v) is 21.7. The number of carbonyl (C=O) groups is 1. The number of rotatable bonds is 20. The molecule has 4 aromatic rings. The van der Waals surface area contributed by atoms with Gasteiger partial charge >= 0.3 is 0 Å². The molecule has 0 spiro atoms. The van der Waals surface area contributed by atoms with Crippen LogP contribution in [0.5, 0.6) is 17.2 Å². The molecule has 0 radical (unpaired) electrons. The van der Waals surface area contributed by atoms with Gasteiger partial charge in [-0.2, -0.15) is 0 Å². The lowest BCUT2D eigenvalue weighted by atomic mass is 9.97. The van der Waals surface area contributed by atoms with Crippen LogP contribution in [-0.2, 0) is 25.9 Å². The Labute approximate surface area is 304 Å². The van der Waals surface area contributed by atoms with Gasteiger partial charge in [-0.1, -0.05) is 81.4 Å². The van der Waals surface area contributed by atoms with Crippen LogP contribution < -0.4 is 29.6 Å². The number of amides is 1. The van der Waals surface area contributed by atoms with Gasteiger partial charge in [0.2, 0.25) is 15.9 Å². The molecule has 0 aromatic heterocycles. The van der Waals surface area contributed by atoms with Gasteiger partial charge in [-0.25, -0.2) is 8.42 Å². The van der Waals surface area contributed by atoms with E-state index in [1.165, 1.54) is 0 Å². The van der Waals surface area contributed by atoms with E-state index >= 15 is 0 Å². The van der Waals surface area contributed by atoms with Crippen molar-refractivity contribution in [2.45, 2.75) is 57.5 Å². The Morgan fingerprint density at radius 3 is 1.96 bits per heavy atom. The molecule has 4 rings (SSSR count). The summed E-state index contributed by atoms with van der Waals surface area (Å²) in [6.07, 6.45) is 0.691. The third-order valence-electron chi connectivity index (χ3n) is 9.08. The molecule has 0 fully saturated rings. The minimum Gasteiger partial charge on any atom is -0.493 e. The van der Waals surface area contributed by atoms with Gasteiger partial charge in [-0.15, -0.1) is 0 Å². The van der Waals surface area contributed by atoms with Crippen LogP contribution in [0.15, 0.2) is 97.1 Å². The van der Waals surface area contributed by atoms with Gasteiger partial charge in [0.25, 0.3) is 0 Å². The third-order valence-corrected chi connectivity index (χ3v) is 14.3. The predicted octanol–water partition coefficient (Wildman–Crippen LogP) is 7.73. The molecule has 0 saturated heterocycles. The number of carbonyl (C=O) groups excluding carboxylic acids is 1. The first-order chi connectivity index (χ1) is 24.5. The van der Waals surface area contributed by atoms with Crippen molar-refractivity contribution >= 4 is 35.6 Å². The summed E-state index contributed by atoms with van der Waals surface area (Å²) in [6, 6.07) is 32.8. The minimum atomic E-state index is -3.62. The van der Waals surface area contributed by atoms with Crippen molar-refractivity contribution in [3.8, 4) is 17.2 Å². The Bertz CT molecular complexity index is 1800. The predicted molar refractivity (Wildman–Crippen MR) is 207 cm³/mol. The van der Waals surface area contributed by atoms with Crippen molar-refractivity contribution in [3.63, 3.8) is 0 Å².